The molecule has 0 saturated carbocycles. The highest BCUT2D eigenvalue weighted by Gasteiger charge is 2.16. The van der Waals surface area contributed by atoms with Crippen LogP contribution >= 0.6 is 11.6 Å². The van der Waals surface area contributed by atoms with Crippen molar-refractivity contribution in [2.45, 2.75) is 19.9 Å². The van der Waals surface area contributed by atoms with Crippen molar-refractivity contribution in [1.82, 2.24) is 0 Å². The van der Waals surface area contributed by atoms with Gasteiger partial charge in [0.2, 0.25) is 0 Å². The van der Waals surface area contributed by atoms with Crippen LogP contribution in [0.1, 0.15) is 25.6 Å². The SMILES string of the molecule is CC(C)[C@H](N)c1cc2cccc(Cl)c2o1. The van der Waals surface area contributed by atoms with Gasteiger partial charge < -0.3 is 10.2 Å². The van der Waals surface area contributed by atoms with E-state index in [9.17, 15) is 0 Å². The summed E-state index contributed by atoms with van der Waals surface area (Å²) in [6.45, 7) is 4.14. The van der Waals surface area contributed by atoms with Crippen molar-refractivity contribution >= 4 is 22.6 Å². The molecule has 15 heavy (non-hydrogen) atoms. The Bertz CT molecular complexity index is 475. The third-order valence-electron chi connectivity index (χ3n) is 2.56. The van der Waals surface area contributed by atoms with Crippen LogP contribution in [-0.4, -0.2) is 0 Å². The van der Waals surface area contributed by atoms with Crippen molar-refractivity contribution in [3.8, 4) is 0 Å². The number of furan rings is 1. The van der Waals surface area contributed by atoms with Crippen molar-refractivity contribution in [2.24, 2.45) is 11.7 Å². The normalized spacial score (nSPS) is 13.7. The standard InChI is InChI=1S/C12H14ClNO/c1-7(2)11(14)10-6-8-4-3-5-9(13)12(8)15-10/h3-7,11H,14H2,1-2H3/t11-/m0/s1. The Morgan fingerprint density at radius 1 is 1.33 bits per heavy atom. The molecule has 1 heterocycles. The molecule has 0 aliphatic rings. The van der Waals surface area contributed by atoms with Crippen LogP contribution < -0.4 is 5.73 Å². The Morgan fingerprint density at radius 3 is 2.67 bits per heavy atom. The van der Waals surface area contributed by atoms with Gasteiger partial charge in [0.05, 0.1) is 11.1 Å². The highest BCUT2D eigenvalue weighted by molar-refractivity contribution is 6.34. The summed E-state index contributed by atoms with van der Waals surface area (Å²) in [5.74, 6) is 1.15. The van der Waals surface area contributed by atoms with E-state index in [4.69, 9.17) is 21.8 Å². The van der Waals surface area contributed by atoms with E-state index in [-0.39, 0.29) is 6.04 Å². The van der Waals surface area contributed by atoms with E-state index in [1.165, 1.54) is 0 Å². The number of para-hydroxylation sites is 1. The molecule has 3 heteroatoms. The summed E-state index contributed by atoms with van der Waals surface area (Å²) in [6.07, 6.45) is 0. The number of hydrogen-bond acceptors (Lipinski definition) is 2. The van der Waals surface area contributed by atoms with Gasteiger partial charge in [0.1, 0.15) is 5.76 Å². The van der Waals surface area contributed by atoms with Crippen LogP contribution in [0.15, 0.2) is 28.7 Å². The third kappa shape index (κ3) is 1.87. The first-order valence-electron chi connectivity index (χ1n) is 5.03. The number of rotatable bonds is 2. The van der Waals surface area contributed by atoms with Gasteiger partial charge in [0.25, 0.3) is 0 Å². The number of hydrogen-bond donors (Lipinski definition) is 1. The molecule has 0 fully saturated rings. The Kier molecular flexibility index (Phi) is 2.72. The summed E-state index contributed by atoms with van der Waals surface area (Å²) in [6, 6.07) is 7.59. The van der Waals surface area contributed by atoms with E-state index in [0.29, 0.717) is 10.9 Å². The van der Waals surface area contributed by atoms with Gasteiger partial charge in [-0.1, -0.05) is 37.6 Å². The van der Waals surface area contributed by atoms with Gasteiger partial charge >= 0.3 is 0 Å². The zero-order valence-electron chi connectivity index (χ0n) is 8.83. The van der Waals surface area contributed by atoms with Gasteiger partial charge in [-0.3, -0.25) is 0 Å². The van der Waals surface area contributed by atoms with Crippen molar-refractivity contribution in [2.75, 3.05) is 0 Å². The van der Waals surface area contributed by atoms with Crippen LogP contribution in [0, 0.1) is 5.92 Å². The van der Waals surface area contributed by atoms with Crippen LogP contribution in [0.25, 0.3) is 11.0 Å². The molecule has 0 spiro atoms. The smallest absolute Gasteiger partial charge is 0.152 e. The summed E-state index contributed by atoms with van der Waals surface area (Å²) < 4.78 is 5.66. The summed E-state index contributed by atoms with van der Waals surface area (Å²) in [5.41, 5.74) is 6.74. The zero-order chi connectivity index (χ0) is 11.0. The van der Waals surface area contributed by atoms with E-state index in [1.807, 2.05) is 24.3 Å². The van der Waals surface area contributed by atoms with Gasteiger partial charge in [-0.2, -0.15) is 0 Å². The molecule has 2 aromatic rings. The molecule has 0 bridgehead atoms. The van der Waals surface area contributed by atoms with E-state index in [2.05, 4.69) is 13.8 Å². The van der Waals surface area contributed by atoms with Crippen LogP contribution in [-0.2, 0) is 0 Å². The number of halogens is 1. The van der Waals surface area contributed by atoms with Crippen molar-refractivity contribution < 1.29 is 4.42 Å². The van der Waals surface area contributed by atoms with Crippen LogP contribution in [0.3, 0.4) is 0 Å². The van der Waals surface area contributed by atoms with E-state index >= 15 is 0 Å². The molecule has 2 N–H and O–H groups in total. The highest BCUT2D eigenvalue weighted by Crippen LogP contribution is 2.30. The van der Waals surface area contributed by atoms with Crippen molar-refractivity contribution in [3.63, 3.8) is 0 Å². The molecule has 2 nitrogen and oxygen atoms in total. The molecule has 2 rings (SSSR count). The fraction of sp³-hybridized carbons (Fsp3) is 0.333. The van der Waals surface area contributed by atoms with Gasteiger partial charge in [-0.25, -0.2) is 0 Å². The first-order chi connectivity index (χ1) is 7.09. The molecule has 0 aliphatic heterocycles. The van der Waals surface area contributed by atoms with Gasteiger partial charge in [-0.15, -0.1) is 0 Å². The zero-order valence-corrected chi connectivity index (χ0v) is 9.58. The second-order valence-electron chi connectivity index (χ2n) is 4.08. The van der Waals surface area contributed by atoms with E-state index in [0.717, 1.165) is 16.7 Å². The minimum absolute atomic E-state index is 0.0755. The number of benzene rings is 1. The molecular formula is C12H14ClNO. The lowest BCUT2D eigenvalue weighted by atomic mass is 10.0. The van der Waals surface area contributed by atoms with E-state index < -0.39 is 0 Å². The Morgan fingerprint density at radius 2 is 2.07 bits per heavy atom. The predicted octanol–water partition coefficient (Wildman–Crippen LogP) is 3.74. The maximum Gasteiger partial charge on any atom is 0.152 e. The topological polar surface area (TPSA) is 39.2 Å². The third-order valence-corrected chi connectivity index (χ3v) is 2.86. The summed E-state index contributed by atoms with van der Waals surface area (Å²) in [4.78, 5) is 0. The first kappa shape index (κ1) is 10.5. The largest absolute Gasteiger partial charge is 0.458 e. The fourth-order valence-electron chi connectivity index (χ4n) is 1.54. The maximum absolute atomic E-state index is 6.02. The van der Waals surface area contributed by atoms with Gasteiger partial charge in [0.15, 0.2) is 5.58 Å². The van der Waals surface area contributed by atoms with Crippen LogP contribution in [0.2, 0.25) is 5.02 Å². The quantitative estimate of drug-likeness (QED) is 0.843. The van der Waals surface area contributed by atoms with Gasteiger partial charge in [-0.05, 0) is 18.1 Å². The van der Waals surface area contributed by atoms with Gasteiger partial charge in [0, 0.05) is 5.39 Å². The minimum atomic E-state index is -0.0755. The molecular weight excluding hydrogens is 210 g/mol. The predicted molar refractivity (Wildman–Crippen MR) is 63.0 cm³/mol. The molecule has 0 amide bonds. The molecule has 1 aromatic carbocycles. The number of fused-ring (bicyclic) bond motifs is 1. The first-order valence-corrected chi connectivity index (χ1v) is 5.41. The molecule has 0 radical (unpaired) electrons. The Balaban J connectivity index is 2.52. The van der Waals surface area contributed by atoms with Crippen molar-refractivity contribution in [3.05, 3.63) is 35.0 Å². The minimum Gasteiger partial charge on any atom is -0.458 e. The highest BCUT2D eigenvalue weighted by atomic mass is 35.5. The fourth-order valence-corrected chi connectivity index (χ4v) is 1.76. The van der Waals surface area contributed by atoms with E-state index in [1.54, 1.807) is 0 Å². The average Bonchev–Trinajstić information content (AvgIpc) is 2.61. The Labute approximate surface area is 94.0 Å². The number of nitrogens with two attached hydrogens (primary N) is 1. The summed E-state index contributed by atoms with van der Waals surface area (Å²) in [7, 11) is 0. The molecule has 80 valence electrons. The molecule has 1 atom stereocenters. The molecule has 0 saturated heterocycles. The van der Waals surface area contributed by atoms with Crippen LogP contribution in [0.4, 0.5) is 0 Å². The lowest BCUT2D eigenvalue weighted by Crippen LogP contribution is -2.15. The average molecular weight is 224 g/mol. The maximum atomic E-state index is 6.02. The Hall–Kier alpha value is -0.990. The van der Waals surface area contributed by atoms with Crippen LogP contribution in [0.5, 0.6) is 0 Å². The molecule has 1 aromatic heterocycles. The second kappa shape index (κ2) is 3.87. The molecule has 0 aliphatic carbocycles. The summed E-state index contributed by atoms with van der Waals surface area (Å²) in [5, 5.41) is 1.64. The monoisotopic (exact) mass is 223 g/mol. The molecule has 0 unspecified atom stereocenters. The second-order valence-corrected chi connectivity index (χ2v) is 4.48. The van der Waals surface area contributed by atoms with Crippen molar-refractivity contribution in [1.29, 1.82) is 0 Å². The summed E-state index contributed by atoms with van der Waals surface area (Å²) >= 11 is 6.02. The lowest BCUT2D eigenvalue weighted by molar-refractivity contribution is 0.418. The lowest BCUT2D eigenvalue weighted by Gasteiger charge is -2.11.